The fourth-order valence-corrected chi connectivity index (χ4v) is 4.57. The molecule has 0 aliphatic carbocycles. The lowest BCUT2D eigenvalue weighted by Crippen LogP contribution is -2.14. The second kappa shape index (κ2) is 10.1. The Morgan fingerprint density at radius 2 is 1.71 bits per heavy atom. The van der Waals surface area contributed by atoms with Crippen LogP contribution in [0.25, 0.3) is 11.1 Å². The maximum Gasteiger partial charge on any atom is 0.341 e. The third kappa shape index (κ3) is 5.01. The van der Waals surface area contributed by atoms with E-state index in [1.807, 2.05) is 25.1 Å². The number of carbonyl (C=O) groups is 2. The number of esters is 1. The van der Waals surface area contributed by atoms with E-state index >= 15 is 0 Å². The summed E-state index contributed by atoms with van der Waals surface area (Å²) in [5.74, 6) is 0.352. The molecule has 1 aromatic heterocycles. The number of aryl methyl sites for hydroxylation is 1. The number of benzene rings is 2. The molecule has 8 heteroatoms. The van der Waals surface area contributed by atoms with E-state index in [2.05, 4.69) is 27.9 Å². The van der Waals surface area contributed by atoms with Gasteiger partial charge >= 0.3 is 5.97 Å². The third-order valence-corrected chi connectivity index (χ3v) is 6.31. The number of rotatable bonds is 7. The Balaban J connectivity index is 2.08. The zero-order chi connectivity index (χ0) is 22.5. The van der Waals surface area contributed by atoms with Crippen molar-refractivity contribution in [3.05, 3.63) is 62.0 Å². The lowest BCUT2D eigenvalue weighted by atomic mass is 10.0. The van der Waals surface area contributed by atoms with Crippen LogP contribution in [0.1, 0.15) is 32.5 Å². The summed E-state index contributed by atoms with van der Waals surface area (Å²) in [4.78, 5) is 26.6. The highest BCUT2D eigenvalue weighted by atomic mass is 127. The van der Waals surface area contributed by atoms with E-state index < -0.39 is 5.97 Å². The van der Waals surface area contributed by atoms with E-state index in [0.717, 1.165) is 14.0 Å². The van der Waals surface area contributed by atoms with Crippen LogP contribution in [0.4, 0.5) is 5.00 Å². The first kappa shape index (κ1) is 23.1. The molecule has 3 rings (SSSR count). The maximum absolute atomic E-state index is 12.9. The summed E-state index contributed by atoms with van der Waals surface area (Å²) < 4.78 is 17.1. The number of halogens is 1. The number of carbonyl (C=O) groups excluding carboxylic acids is 2. The van der Waals surface area contributed by atoms with Crippen LogP contribution < -0.4 is 14.8 Å². The van der Waals surface area contributed by atoms with E-state index in [9.17, 15) is 9.59 Å². The molecule has 0 saturated carbocycles. The smallest absolute Gasteiger partial charge is 0.341 e. The average Bonchev–Trinajstić information content (AvgIpc) is 3.09. The van der Waals surface area contributed by atoms with Crippen molar-refractivity contribution >= 4 is 50.8 Å². The van der Waals surface area contributed by atoms with Crippen LogP contribution in [0.2, 0.25) is 0 Å². The van der Waals surface area contributed by atoms with Gasteiger partial charge in [-0.15, -0.1) is 11.3 Å². The number of methoxy groups -OCH3 is 2. The van der Waals surface area contributed by atoms with Crippen molar-refractivity contribution in [1.82, 2.24) is 0 Å². The van der Waals surface area contributed by atoms with Crippen molar-refractivity contribution < 1.29 is 23.8 Å². The van der Waals surface area contributed by atoms with Gasteiger partial charge < -0.3 is 19.5 Å². The fourth-order valence-electron chi connectivity index (χ4n) is 3.15. The van der Waals surface area contributed by atoms with Crippen molar-refractivity contribution in [2.24, 2.45) is 0 Å². The highest BCUT2D eigenvalue weighted by molar-refractivity contribution is 14.1. The SMILES string of the molecule is CCOC(=O)c1c(NC(=O)c2ccc(I)cc2)sc(C)c1-c1ccc(OC)c(OC)c1. The van der Waals surface area contributed by atoms with E-state index in [1.165, 1.54) is 11.3 Å². The summed E-state index contributed by atoms with van der Waals surface area (Å²) in [7, 11) is 3.12. The minimum Gasteiger partial charge on any atom is -0.493 e. The van der Waals surface area contributed by atoms with Crippen molar-refractivity contribution in [2.45, 2.75) is 13.8 Å². The average molecular weight is 551 g/mol. The molecule has 1 N–H and O–H groups in total. The summed E-state index contributed by atoms with van der Waals surface area (Å²) in [6.07, 6.45) is 0. The van der Waals surface area contributed by atoms with Crippen LogP contribution in [0.15, 0.2) is 42.5 Å². The normalized spacial score (nSPS) is 10.5. The highest BCUT2D eigenvalue weighted by Crippen LogP contribution is 2.43. The van der Waals surface area contributed by atoms with Crippen molar-refractivity contribution in [2.75, 3.05) is 26.1 Å². The zero-order valence-corrected chi connectivity index (χ0v) is 20.6. The van der Waals surface area contributed by atoms with Gasteiger partial charge in [0.2, 0.25) is 0 Å². The van der Waals surface area contributed by atoms with Crippen LogP contribution in [0, 0.1) is 10.5 Å². The molecule has 0 fully saturated rings. The van der Waals surface area contributed by atoms with Gasteiger partial charge in [0.25, 0.3) is 5.91 Å². The highest BCUT2D eigenvalue weighted by Gasteiger charge is 2.26. The zero-order valence-electron chi connectivity index (χ0n) is 17.6. The molecule has 0 aliphatic heterocycles. The summed E-state index contributed by atoms with van der Waals surface area (Å²) in [6.45, 7) is 3.88. The molecule has 31 heavy (non-hydrogen) atoms. The predicted octanol–water partition coefficient (Wildman–Crippen LogP) is 5.77. The van der Waals surface area contributed by atoms with Gasteiger partial charge in [0.1, 0.15) is 10.6 Å². The maximum atomic E-state index is 12.9. The first-order chi connectivity index (χ1) is 14.9. The molecule has 0 radical (unpaired) electrons. The van der Waals surface area contributed by atoms with Crippen molar-refractivity contribution in [1.29, 1.82) is 0 Å². The van der Waals surface area contributed by atoms with Crippen LogP contribution in [0.5, 0.6) is 11.5 Å². The Hall–Kier alpha value is -2.59. The monoisotopic (exact) mass is 551 g/mol. The molecule has 1 amide bonds. The van der Waals surface area contributed by atoms with Gasteiger partial charge in [-0.2, -0.15) is 0 Å². The number of hydrogen-bond acceptors (Lipinski definition) is 6. The van der Waals surface area contributed by atoms with Gasteiger partial charge in [0, 0.05) is 19.6 Å². The molecule has 3 aromatic rings. The number of ether oxygens (including phenoxy) is 3. The molecular formula is C23H22INO5S. The predicted molar refractivity (Wildman–Crippen MR) is 131 cm³/mol. The Bertz CT molecular complexity index is 1110. The van der Waals surface area contributed by atoms with Crippen LogP contribution in [-0.4, -0.2) is 32.7 Å². The molecule has 6 nitrogen and oxygen atoms in total. The molecule has 0 bridgehead atoms. The number of amides is 1. The first-order valence-corrected chi connectivity index (χ1v) is 11.4. The van der Waals surface area contributed by atoms with Crippen molar-refractivity contribution in [3.63, 3.8) is 0 Å². The summed E-state index contributed by atoms with van der Waals surface area (Å²) in [5.41, 5.74) is 2.30. The summed E-state index contributed by atoms with van der Waals surface area (Å²) in [6, 6.07) is 12.6. The molecule has 2 aromatic carbocycles. The molecular weight excluding hydrogens is 529 g/mol. The van der Waals surface area contributed by atoms with Gasteiger partial charge in [0.05, 0.1) is 20.8 Å². The Morgan fingerprint density at radius 3 is 2.32 bits per heavy atom. The minimum atomic E-state index is -0.491. The molecule has 0 spiro atoms. The first-order valence-electron chi connectivity index (χ1n) is 9.49. The Morgan fingerprint density at radius 1 is 1.03 bits per heavy atom. The molecule has 162 valence electrons. The summed E-state index contributed by atoms with van der Waals surface area (Å²) in [5, 5.41) is 3.34. The minimum absolute atomic E-state index is 0.226. The fraction of sp³-hybridized carbons (Fsp3) is 0.217. The summed E-state index contributed by atoms with van der Waals surface area (Å²) >= 11 is 3.51. The topological polar surface area (TPSA) is 73.9 Å². The van der Waals surface area contributed by atoms with E-state index in [4.69, 9.17) is 14.2 Å². The number of nitrogens with one attached hydrogen (secondary N) is 1. The second-order valence-corrected chi connectivity index (χ2v) is 8.96. The van der Waals surface area contributed by atoms with E-state index in [0.29, 0.717) is 33.2 Å². The Labute approximate surface area is 198 Å². The molecule has 0 saturated heterocycles. The Kier molecular flexibility index (Phi) is 7.55. The van der Waals surface area contributed by atoms with Gasteiger partial charge in [-0.25, -0.2) is 4.79 Å². The quantitative estimate of drug-likeness (QED) is 0.298. The third-order valence-electron chi connectivity index (χ3n) is 4.57. The van der Waals surface area contributed by atoms with Gasteiger partial charge in [-0.3, -0.25) is 4.79 Å². The second-order valence-electron chi connectivity index (χ2n) is 6.49. The van der Waals surface area contributed by atoms with Gasteiger partial charge in [-0.05, 0) is 78.4 Å². The number of hydrogen-bond donors (Lipinski definition) is 1. The standard InChI is InChI=1S/C23H22INO5S/c1-5-30-23(27)20-19(15-8-11-17(28-3)18(12-15)29-4)13(2)31-22(20)25-21(26)14-6-9-16(24)10-7-14/h6-12H,5H2,1-4H3,(H,25,26). The largest absolute Gasteiger partial charge is 0.493 e. The lowest BCUT2D eigenvalue weighted by molar-refractivity contribution is 0.0529. The van der Waals surface area contributed by atoms with Crippen LogP contribution in [0.3, 0.4) is 0 Å². The van der Waals surface area contributed by atoms with Gasteiger partial charge in [0.15, 0.2) is 11.5 Å². The van der Waals surface area contributed by atoms with E-state index in [-0.39, 0.29) is 12.5 Å². The molecule has 0 aliphatic rings. The van der Waals surface area contributed by atoms with Crippen LogP contribution >= 0.6 is 33.9 Å². The molecule has 0 unspecified atom stereocenters. The number of anilines is 1. The lowest BCUT2D eigenvalue weighted by Gasteiger charge is -2.12. The number of thiophene rings is 1. The molecule has 0 atom stereocenters. The van der Waals surface area contributed by atoms with Gasteiger partial charge in [-0.1, -0.05) is 6.07 Å². The van der Waals surface area contributed by atoms with E-state index in [1.54, 1.807) is 45.4 Å². The van der Waals surface area contributed by atoms with Crippen molar-refractivity contribution in [3.8, 4) is 22.6 Å². The molecule has 1 heterocycles. The van der Waals surface area contributed by atoms with Crippen LogP contribution in [-0.2, 0) is 4.74 Å².